The van der Waals surface area contributed by atoms with Gasteiger partial charge in [-0.25, -0.2) is 9.97 Å². The zero-order valence-corrected chi connectivity index (χ0v) is 10.5. The molecule has 2 heterocycles. The van der Waals surface area contributed by atoms with Crippen molar-refractivity contribution < 1.29 is 0 Å². The number of piperidine rings is 1. The van der Waals surface area contributed by atoms with Gasteiger partial charge in [-0.2, -0.15) is 0 Å². The zero-order valence-electron chi connectivity index (χ0n) is 9.70. The SMILES string of the molecule is CN[C@@H]1CCCN(c2nc(C)cc(Cl)n2)C1. The van der Waals surface area contributed by atoms with Crippen molar-refractivity contribution in [2.24, 2.45) is 0 Å². The van der Waals surface area contributed by atoms with Gasteiger partial charge in [0.15, 0.2) is 0 Å². The molecule has 0 saturated carbocycles. The van der Waals surface area contributed by atoms with Crippen LogP contribution in [0.1, 0.15) is 18.5 Å². The summed E-state index contributed by atoms with van der Waals surface area (Å²) in [5.74, 6) is 0.755. The maximum Gasteiger partial charge on any atom is 0.227 e. The number of nitrogens with zero attached hydrogens (tertiary/aromatic N) is 3. The van der Waals surface area contributed by atoms with E-state index in [0.29, 0.717) is 11.2 Å². The van der Waals surface area contributed by atoms with Crippen LogP contribution in [0.4, 0.5) is 5.95 Å². The minimum atomic E-state index is 0.522. The molecule has 0 radical (unpaired) electrons. The number of nitrogens with one attached hydrogen (secondary N) is 1. The molecular formula is C11H17ClN4. The van der Waals surface area contributed by atoms with Gasteiger partial charge in [-0.3, -0.25) is 0 Å². The molecule has 5 heteroatoms. The summed E-state index contributed by atoms with van der Waals surface area (Å²) in [5.41, 5.74) is 0.918. The van der Waals surface area contributed by atoms with Crippen LogP contribution in [0.2, 0.25) is 5.15 Å². The Hall–Kier alpha value is -0.870. The minimum absolute atomic E-state index is 0.522. The lowest BCUT2D eigenvalue weighted by atomic mass is 10.1. The van der Waals surface area contributed by atoms with E-state index in [4.69, 9.17) is 11.6 Å². The molecule has 1 atom stereocenters. The predicted molar refractivity (Wildman–Crippen MR) is 66.1 cm³/mol. The third-order valence-corrected chi connectivity index (χ3v) is 3.12. The fourth-order valence-corrected chi connectivity index (χ4v) is 2.28. The summed E-state index contributed by atoms with van der Waals surface area (Å²) in [6, 6.07) is 2.31. The van der Waals surface area contributed by atoms with Crippen LogP contribution in [0.15, 0.2) is 6.07 Å². The van der Waals surface area contributed by atoms with E-state index in [0.717, 1.165) is 24.7 Å². The lowest BCUT2D eigenvalue weighted by molar-refractivity contribution is 0.445. The molecule has 4 nitrogen and oxygen atoms in total. The van der Waals surface area contributed by atoms with Crippen LogP contribution < -0.4 is 10.2 Å². The number of aryl methyl sites for hydroxylation is 1. The molecule has 1 aromatic heterocycles. The Bertz CT molecular complexity index is 349. The second kappa shape index (κ2) is 4.97. The molecule has 2 rings (SSSR count). The Balaban J connectivity index is 2.16. The van der Waals surface area contributed by atoms with Crippen molar-refractivity contribution in [3.8, 4) is 0 Å². The topological polar surface area (TPSA) is 41.0 Å². The molecule has 16 heavy (non-hydrogen) atoms. The van der Waals surface area contributed by atoms with Gasteiger partial charge in [-0.1, -0.05) is 11.6 Å². The largest absolute Gasteiger partial charge is 0.339 e. The fourth-order valence-electron chi connectivity index (χ4n) is 2.05. The van der Waals surface area contributed by atoms with E-state index in [1.165, 1.54) is 12.8 Å². The van der Waals surface area contributed by atoms with Crippen molar-refractivity contribution in [3.05, 3.63) is 16.9 Å². The standard InChI is InChI=1S/C11H17ClN4/c1-8-6-10(12)15-11(14-8)16-5-3-4-9(7-16)13-2/h6,9,13H,3-5,7H2,1-2H3/t9-/m1/s1. The number of aromatic nitrogens is 2. The van der Waals surface area contributed by atoms with E-state index in [2.05, 4.69) is 20.2 Å². The molecule has 0 spiro atoms. The average molecular weight is 241 g/mol. The van der Waals surface area contributed by atoms with E-state index in [-0.39, 0.29) is 0 Å². The Morgan fingerprint density at radius 1 is 1.50 bits per heavy atom. The van der Waals surface area contributed by atoms with Crippen LogP contribution in [0.25, 0.3) is 0 Å². The maximum absolute atomic E-state index is 5.95. The van der Waals surface area contributed by atoms with Gasteiger partial charge in [0.05, 0.1) is 0 Å². The van der Waals surface area contributed by atoms with Gasteiger partial charge < -0.3 is 10.2 Å². The van der Waals surface area contributed by atoms with Crippen LogP contribution in [-0.4, -0.2) is 36.1 Å². The normalized spacial score (nSPS) is 21.2. The molecule has 1 aromatic rings. The summed E-state index contributed by atoms with van der Waals surface area (Å²) in [6.45, 7) is 3.91. The first-order chi connectivity index (χ1) is 7.69. The highest BCUT2D eigenvalue weighted by Gasteiger charge is 2.20. The second-order valence-corrected chi connectivity index (χ2v) is 4.59. The number of halogens is 1. The van der Waals surface area contributed by atoms with Gasteiger partial charge in [-0.15, -0.1) is 0 Å². The predicted octanol–water partition coefficient (Wildman–Crippen LogP) is 1.63. The van der Waals surface area contributed by atoms with Gasteiger partial charge in [-0.05, 0) is 32.9 Å². The first-order valence-corrected chi connectivity index (χ1v) is 6.00. The summed E-state index contributed by atoms with van der Waals surface area (Å²) in [4.78, 5) is 10.9. The first kappa shape index (κ1) is 11.6. The zero-order chi connectivity index (χ0) is 11.5. The quantitative estimate of drug-likeness (QED) is 0.798. The highest BCUT2D eigenvalue weighted by molar-refractivity contribution is 6.29. The smallest absolute Gasteiger partial charge is 0.227 e. The van der Waals surface area contributed by atoms with Crippen LogP contribution in [-0.2, 0) is 0 Å². The Kier molecular flexibility index (Phi) is 3.61. The lowest BCUT2D eigenvalue weighted by Crippen LogP contribution is -2.45. The van der Waals surface area contributed by atoms with Crippen LogP contribution in [0.5, 0.6) is 0 Å². The Morgan fingerprint density at radius 3 is 3.00 bits per heavy atom. The van der Waals surface area contributed by atoms with Gasteiger partial charge >= 0.3 is 0 Å². The Labute approximate surface area is 101 Å². The van der Waals surface area contributed by atoms with Crippen LogP contribution >= 0.6 is 11.6 Å². The van der Waals surface area contributed by atoms with Crippen molar-refractivity contribution in [2.45, 2.75) is 25.8 Å². The number of rotatable bonds is 2. The third-order valence-electron chi connectivity index (χ3n) is 2.92. The maximum atomic E-state index is 5.95. The van der Waals surface area contributed by atoms with Crippen LogP contribution in [0, 0.1) is 6.92 Å². The van der Waals surface area contributed by atoms with Crippen molar-refractivity contribution in [1.29, 1.82) is 0 Å². The summed E-state index contributed by atoms with van der Waals surface area (Å²) in [6.07, 6.45) is 2.38. The van der Waals surface area contributed by atoms with E-state index in [9.17, 15) is 0 Å². The van der Waals surface area contributed by atoms with Gasteiger partial charge in [0.25, 0.3) is 0 Å². The van der Waals surface area contributed by atoms with E-state index >= 15 is 0 Å². The van der Waals surface area contributed by atoms with Gasteiger partial charge in [0.2, 0.25) is 5.95 Å². The molecule has 1 fully saturated rings. The van der Waals surface area contributed by atoms with Crippen LogP contribution in [0.3, 0.4) is 0 Å². The number of anilines is 1. The summed E-state index contributed by atoms with van der Waals surface area (Å²) in [7, 11) is 2.00. The monoisotopic (exact) mass is 240 g/mol. The fraction of sp³-hybridized carbons (Fsp3) is 0.636. The number of hydrogen-bond donors (Lipinski definition) is 1. The molecule has 1 aliphatic rings. The molecule has 1 saturated heterocycles. The van der Waals surface area contributed by atoms with E-state index in [1.807, 2.05) is 14.0 Å². The molecular weight excluding hydrogens is 224 g/mol. The number of likely N-dealkylation sites (N-methyl/N-ethyl adjacent to an activating group) is 1. The Morgan fingerprint density at radius 2 is 2.31 bits per heavy atom. The third kappa shape index (κ3) is 2.62. The molecule has 0 amide bonds. The molecule has 0 unspecified atom stereocenters. The van der Waals surface area contributed by atoms with E-state index in [1.54, 1.807) is 6.07 Å². The summed E-state index contributed by atoms with van der Waals surface area (Å²) < 4.78 is 0. The first-order valence-electron chi connectivity index (χ1n) is 5.62. The van der Waals surface area contributed by atoms with Crippen molar-refractivity contribution in [1.82, 2.24) is 15.3 Å². The number of hydrogen-bond acceptors (Lipinski definition) is 4. The lowest BCUT2D eigenvalue weighted by Gasteiger charge is -2.32. The molecule has 88 valence electrons. The molecule has 1 N–H and O–H groups in total. The minimum Gasteiger partial charge on any atom is -0.339 e. The highest BCUT2D eigenvalue weighted by atomic mass is 35.5. The van der Waals surface area contributed by atoms with Gasteiger partial charge in [0, 0.05) is 24.8 Å². The molecule has 0 aliphatic carbocycles. The molecule has 0 bridgehead atoms. The van der Waals surface area contributed by atoms with Gasteiger partial charge in [0.1, 0.15) is 5.15 Å². The van der Waals surface area contributed by atoms with Crippen molar-refractivity contribution >= 4 is 17.5 Å². The molecule has 1 aliphatic heterocycles. The summed E-state index contributed by atoms with van der Waals surface area (Å²) >= 11 is 5.95. The molecule has 0 aromatic carbocycles. The van der Waals surface area contributed by atoms with Crippen molar-refractivity contribution in [3.63, 3.8) is 0 Å². The van der Waals surface area contributed by atoms with Crippen molar-refractivity contribution in [2.75, 3.05) is 25.0 Å². The second-order valence-electron chi connectivity index (χ2n) is 4.21. The van der Waals surface area contributed by atoms with E-state index < -0.39 is 0 Å². The average Bonchev–Trinajstić information content (AvgIpc) is 2.28. The highest BCUT2D eigenvalue weighted by Crippen LogP contribution is 2.18. The summed E-state index contributed by atoms with van der Waals surface area (Å²) in [5, 5.41) is 3.82.